The minimum atomic E-state index is 0. The summed E-state index contributed by atoms with van der Waals surface area (Å²) in [4.78, 5) is 29.7. The molecule has 0 aromatic heterocycles. The zero-order valence-electron chi connectivity index (χ0n) is 17.8. The van der Waals surface area contributed by atoms with Gasteiger partial charge in [0.2, 0.25) is 11.8 Å². The molecule has 1 aliphatic heterocycles. The van der Waals surface area contributed by atoms with Crippen molar-refractivity contribution in [1.29, 1.82) is 0 Å². The van der Waals surface area contributed by atoms with Crippen molar-refractivity contribution >= 4 is 24.2 Å². The third-order valence-electron chi connectivity index (χ3n) is 7.21. The van der Waals surface area contributed by atoms with Gasteiger partial charge in [0.05, 0.1) is 13.0 Å². The van der Waals surface area contributed by atoms with Gasteiger partial charge in [0, 0.05) is 38.6 Å². The summed E-state index contributed by atoms with van der Waals surface area (Å²) in [6.45, 7) is 2.73. The van der Waals surface area contributed by atoms with E-state index in [1.54, 1.807) is 7.11 Å². The first-order valence-corrected chi connectivity index (χ1v) is 11.0. The van der Waals surface area contributed by atoms with Crippen LogP contribution in [0, 0.1) is 17.8 Å². The number of halogens is 1. The Labute approximate surface area is 185 Å². The number of nitrogens with two attached hydrogens (primary N) is 1. The van der Waals surface area contributed by atoms with Crippen LogP contribution in [0.2, 0.25) is 0 Å². The van der Waals surface area contributed by atoms with Gasteiger partial charge in [-0.05, 0) is 61.6 Å². The molecule has 2 aliphatic carbocycles. The van der Waals surface area contributed by atoms with Gasteiger partial charge in [0.1, 0.15) is 5.75 Å². The van der Waals surface area contributed by atoms with E-state index in [-0.39, 0.29) is 36.2 Å². The molecule has 0 spiro atoms. The smallest absolute Gasteiger partial charge is 0.227 e. The highest BCUT2D eigenvalue weighted by atomic mass is 35.5. The summed E-state index contributed by atoms with van der Waals surface area (Å²) in [5.74, 6) is 2.26. The normalized spacial score (nSPS) is 28.1. The molecule has 7 heteroatoms. The topological polar surface area (TPSA) is 75.9 Å². The molecule has 2 N–H and O–H groups in total. The number of methoxy groups -OCH3 is 1. The van der Waals surface area contributed by atoms with Crippen molar-refractivity contribution in [3.05, 3.63) is 29.8 Å². The van der Waals surface area contributed by atoms with Gasteiger partial charge in [0.25, 0.3) is 0 Å². The van der Waals surface area contributed by atoms with E-state index in [1.165, 1.54) is 6.42 Å². The number of amides is 2. The average molecular weight is 436 g/mol. The Kier molecular flexibility index (Phi) is 7.64. The molecule has 1 saturated heterocycles. The molecule has 4 unspecified atom stereocenters. The summed E-state index contributed by atoms with van der Waals surface area (Å²) in [6.07, 6.45) is 5.53. The highest BCUT2D eigenvalue weighted by Gasteiger charge is 2.50. The van der Waals surface area contributed by atoms with E-state index < -0.39 is 0 Å². The Morgan fingerprint density at radius 2 is 1.70 bits per heavy atom. The van der Waals surface area contributed by atoms with Crippen molar-refractivity contribution < 1.29 is 14.3 Å². The molecule has 0 radical (unpaired) electrons. The predicted octanol–water partition coefficient (Wildman–Crippen LogP) is 2.48. The van der Waals surface area contributed by atoms with E-state index in [0.29, 0.717) is 31.3 Å². The summed E-state index contributed by atoms with van der Waals surface area (Å²) in [5, 5.41) is 0. The third kappa shape index (κ3) is 4.75. The molecular weight excluding hydrogens is 402 g/mol. The van der Waals surface area contributed by atoms with Gasteiger partial charge in [0.15, 0.2) is 0 Å². The summed E-state index contributed by atoms with van der Waals surface area (Å²) < 4.78 is 5.18. The standard InChI is InChI=1S/C23H33N3O3.ClH/c1-29-19-8-3-16(4-9-19)5-10-20(27)25-11-2-12-26(14-13-25)23(28)21-17-6-7-18(15-17)22(21)24;/h3-4,8-9,17-18,21-22H,2,5-7,10-15,24H2,1H3;1H. The molecule has 2 saturated carbocycles. The van der Waals surface area contributed by atoms with Crippen LogP contribution in [0.25, 0.3) is 0 Å². The lowest BCUT2D eigenvalue weighted by Crippen LogP contribution is -2.48. The molecule has 6 nitrogen and oxygen atoms in total. The monoisotopic (exact) mass is 435 g/mol. The van der Waals surface area contributed by atoms with E-state index in [4.69, 9.17) is 10.5 Å². The van der Waals surface area contributed by atoms with Gasteiger partial charge in [-0.1, -0.05) is 12.1 Å². The van der Waals surface area contributed by atoms with Crippen molar-refractivity contribution in [3.8, 4) is 5.75 Å². The van der Waals surface area contributed by atoms with Crippen LogP contribution < -0.4 is 10.5 Å². The molecule has 4 atom stereocenters. The van der Waals surface area contributed by atoms with Crippen molar-refractivity contribution in [2.24, 2.45) is 23.5 Å². The largest absolute Gasteiger partial charge is 0.497 e. The molecule has 3 fully saturated rings. The van der Waals surface area contributed by atoms with E-state index in [1.807, 2.05) is 34.1 Å². The fourth-order valence-electron chi connectivity index (χ4n) is 5.50. The highest BCUT2D eigenvalue weighted by molar-refractivity contribution is 5.85. The Morgan fingerprint density at radius 3 is 2.37 bits per heavy atom. The van der Waals surface area contributed by atoms with Gasteiger partial charge in [-0.15, -0.1) is 12.4 Å². The molecular formula is C23H34ClN3O3. The first-order valence-electron chi connectivity index (χ1n) is 11.0. The second-order valence-electron chi connectivity index (χ2n) is 8.84. The van der Waals surface area contributed by atoms with Crippen LogP contribution in [0.4, 0.5) is 0 Å². The number of rotatable bonds is 5. The third-order valence-corrected chi connectivity index (χ3v) is 7.21. The zero-order valence-corrected chi connectivity index (χ0v) is 18.6. The van der Waals surface area contributed by atoms with Crippen molar-refractivity contribution in [2.75, 3.05) is 33.3 Å². The molecule has 1 aromatic carbocycles. The Balaban J connectivity index is 0.00000256. The maximum absolute atomic E-state index is 13.1. The van der Waals surface area contributed by atoms with Crippen LogP contribution >= 0.6 is 12.4 Å². The summed E-state index contributed by atoms with van der Waals surface area (Å²) in [7, 11) is 1.65. The number of hydrogen-bond acceptors (Lipinski definition) is 4. The molecule has 30 heavy (non-hydrogen) atoms. The lowest BCUT2D eigenvalue weighted by molar-refractivity contribution is -0.138. The number of fused-ring (bicyclic) bond motifs is 2. The molecule has 3 aliphatic rings. The van der Waals surface area contributed by atoms with Crippen LogP contribution in [0.3, 0.4) is 0 Å². The minimum Gasteiger partial charge on any atom is -0.497 e. The molecule has 1 aromatic rings. The number of aryl methyl sites for hydroxylation is 1. The van der Waals surface area contributed by atoms with Crippen LogP contribution in [-0.4, -0.2) is 60.9 Å². The van der Waals surface area contributed by atoms with Crippen molar-refractivity contribution in [1.82, 2.24) is 9.80 Å². The van der Waals surface area contributed by atoms with Crippen LogP contribution in [0.1, 0.15) is 37.7 Å². The van der Waals surface area contributed by atoms with E-state index in [2.05, 4.69) is 0 Å². The van der Waals surface area contributed by atoms with Gasteiger partial charge in [-0.25, -0.2) is 0 Å². The number of benzene rings is 1. The molecule has 2 bridgehead atoms. The lowest BCUT2D eigenvalue weighted by atomic mass is 9.84. The Hall–Kier alpha value is -1.79. The van der Waals surface area contributed by atoms with Gasteiger partial charge < -0.3 is 20.3 Å². The van der Waals surface area contributed by atoms with Crippen LogP contribution in [0.5, 0.6) is 5.75 Å². The fraction of sp³-hybridized carbons (Fsp3) is 0.652. The van der Waals surface area contributed by atoms with E-state index in [0.717, 1.165) is 50.1 Å². The maximum atomic E-state index is 13.1. The second kappa shape index (κ2) is 10.0. The number of nitrogens with zero attached hydrogens (tertiary/aromatic N) is 2. The molecule has 1 heterocycles. The van der Waals surface area contributed by atoms with Gasteiger partial charge in [-0.2, -0.15) is 0 Å². The second-order valence-corrected chi connectivity index (χ2v) is 8.84. The number of carbonyl (C=O) groups excluding carboxylic acids is 2. The molecule has 166 valence electrons. The average Bonchev–Trinajstić information content (AvgIpc) is 3.24. The molecule has 2 amide bonds. The summed E-state index contributed by atoms with van der Waals surface area (Å²) in [6, 6.07) is 7.90. The Morgan fingerprint density at radius 1 is 1.03 bits per heavy atom. The van der Waals surface area contributed by atoms with Gasteiger partial charge >= 0.3 is 0 Å². The number of carbonyl (C=O) groups is 2. The Bertz CT molecular complexity index is 740. The number of ether oxygens (including phenoxy) is 1. The highest BCUT2D eigenvalue weighted by Crippen LogP contribution is 2.48. The van der Waals surface area contributed by atoms with Gasteiger partial charge in [-0.3, -0.25) is 9.59 Å². The lowest BCUT2D eigenvalue weighted by Gasteiger charge is -2.32. The summed E-state index contributed by atoms with van der Waals surface area (Å²) in [5.41, 5.74) is 7.51. The fourth-order valence-corrected chi connectivity index (χ4v) is 5.50. The van der Waals surface area contributed by atoms with Crippen molar-refractivity contribution in [2.45, 2.75) is 44.6 Å². The van der Waals surface area contributed by atoms with E-state index in [9.17, 15) is 9.59 Å². The summed E-state index contributed by atoms with van der Waals surface area (Å²) >= 11 is 0. The predicted molar refractivity (Wildman–Crippen MR) is 119 cm³/mol. The number of hydrogen-bond donors (Lipinski definition) is 1. The van der Waals surface area contributed by atoms with Crippen molar-refractivity contribution in [3.63, 3.8) is 0 Å². The first-order chi connectivity index (χ1) is 14.1. The quantitative estimate of drug-likeness (QED) is 0.770. The zero-order chi connectivity index (χ0) is 20.4. The maximum Gasteiger partial charge on any atom is 0.227 e. The minimum absolute atomic E-state index is 0. The molecule has 4 rings (SSSR count). The first kappa shape index (κ1) is 22.9. The van der Waals surface area contributed by atoms with Crippen LogP contribution in [0.15, 0.2) is 24.3 Å². The van der Waals surface area contributed by atoms with E-state index >= 15 is 0 Å². The van der Waals surface area contributed by atoms with Crippen LogP contribution in [-0.2, 0) is 16.0 Å². The SMILES string of the molecule is COc1ccc(CCC(=O)N2CCCN(C(=O)C3C4CCC(C4)C3N)CC2)cc1.Cl.